The SMILES string of the molecule is Cc1ccc(S(=O)(=O)NCC2CC(Cl)C2)cc1C. The van der Waals surface area contributed by atoms with E-state index in [4.69, 9.17) is 11.6 Å². The number of nitrogens with one attached hydrogen (secondary N) is 1. The van der Waals surface area contributed by atoms with Crippen molar-refractivity contribution in [3.05, 3.63) is 29.3 Å². The lowest BCUT2D eigenvalue weighted by Gasteiger charge is -2.30. The lowest BCUT2D eigenvalue weighted by Crippen LogP contribution is -2.36. The number of hydrogen-bond acceptors (Lipinski definition) is 2. The second-order valence-corrected chi connectivity index (χ2v) is 7.42. The number of benzene rings is 1. The van der Waals surface area contributed by atoms with Crippen LogP contribution < -0.4 is 4.72 Å². The van der Waals surface area contributed by atoms with Crippen molar-refractivity contribution in [1.82, 2.24) is 4.72 Å². The largest absolute Gasteiger partial charge is 0.240 e. The first-order valence-electron chi connectivity index (χ1n) is 6.09. The third kappa shape index (κ3) is 3.05. The number of rotatable bonds is 4. The molecule has 3 nitrogen and oxygen atoms in total. The van der Waals surface area contributed by atoms with Gasteiger partial charge < -0.3 is 0 Å². The fourth-order valence-electron chi connectivity index (χ4n) is 2.01. The molecular weight excluding hydrogens is 270 g/mol. The van der Waals surface area contributed by atoms with Gasteiger partial charge in [0, 0.05) is 11.9 Å². The molecule has 1 saturated carbocycles. The molecule has 1 N–H and O–H groups in total. The first-order valence-corrected chi connectivity index (χ1v) is 8.01. The summed E-state index contributed by atoms with van der Waals surface area (Å²) in [5.74, 6) is 0.383. The van der Waals surface area contributed by atoms with E-state index in [1.165, 1.54) is 0 Å². The van der Waals surface area contributed by atoms with E-state index in [0.29, 0.717) is 17.4 Å². The van der Waals surface area contributed by atoms with Gasteiger partial charge in [-0.1, -0.05) is 6.07 Å². The Morgan fingerprint density at radius 2 is 1.94 bits per heavy atom. The van der Waals surface area contributed by atoms with Gasteiger partial charge in [0.1, 0.15) is 0 Å². The summed E-state index contributed by atoms with van der Waals surface area (Å²) in [6, 6.07) is 5.20. The van der Waals surface area contributed by atoms with Crippen LogP contribution in [0.3, 0.4) is 0 Å². The van der Waals surface area contributed by atoms with Gasteiger partial charge >= 0.3 is 0 Å². The fourth-order valence-corrected chi connectivity index (χ4v) is 3.72. The topological polar surface area (TPSA) is 46.2 Å². The van der Waals surface area contributed by atoms with E-state index < -0.39 is 10.0 Å². The standard InChI is InChI=1S/C13H18ClNO2S/c1-9-3-4-13(5-10(9)2)18(16,17)15-8-11-6-12(14)7-11/h3-5,11-12,15H,6-8H2,1-2H3. The van der Waals surface area contributed by atoms with Crippen LogP contribution in [0.25, 0.3) is 0 Å². The molecule has 1 aromatic rings. The summed E-state index contributed by atoms with van der Waals surface area (Å²) >= 11 is 5.87. The molecule has 0 aromatic heterocycles. The number of halogens is 1. The Morgan fingerprint density at radius 1 is 1.28 bits per heavy atom. The van der Waals surface area contributed by atoms with Crippen LogP contribution >= 0.6 is 11.6 Å². The quantitative estimate of drug-likeness (QED) is 0.865. The molecule has 0 atom stereocenters. The second-order valence-electron chi connectivity index (χ2n) is 5.03. The zero-order chi connectivity index (χ0) is 13.3. The Balaban J connectivity index is 2.03. The summed E-state index contributed by atoms with van der Waals surface area (Å²) in [7, 11) is -3.38. The molecule has 0 saturated heterocycles. The van der Waals surface area contributed by atoms with Crippen molar-refractivity contribution in [2.24, 2.45) is 5.92 Å². The van der Waals surface area contributed by atoms with E-state index in [2.05, 4.69) is 4.72 Å². The van der Waals surface area contributed by atoms with Gasteiger partial charge in [-0.25, -0.2) is 13.1 Å². The van der Waals surface area contributed by atoms with Crippen molar-refractivity contribution >= 4 is 21.6 Å². The van der Waals surface area contributed by atoms with Gasteiger partial charge in [-0.2, -0.15) is 0 Å². The number of alkyl halides is 1. The summed E-state index contributed by atoms with van der Waals surface area (Å²) in [6.45, 7) is 4.37. The summed E-state index contributed by atoms with van der Waals surface area (Å²) in [5, 5.41) is 0.223. The molecule has 100 valence electrons. The van der Waals surface area contributed by atoms with Crippen LogP contribution in [0.2, 0.25) is 0 Å². The number of hydrogen-bond donors (Lipinski definition) is 1. The van der Waals surface area contributed by atoms with Gasteiger partial charge in [-0.3, -0.25) is 0 Å². The lowest BCUT2D eigenvalue weighted by molar-refractivity contribution is 0.324. The van der Waals surface area contributed by atoms with E-state index in [1.807, 2.05) is 19.9 Å². The maximum atomic E-state index is 12.1. The molecule has 0 spiro atoms. The Labute approximate surface area is 114 Å². The highest BCUT2D eigenvalue weighted by molar-refractivity contribution is 7.89. The third-order valence-electron chi connectivity index (χ3n) is 3.53. The molecule has 2 rings (SSSR count). The second kappa shape index (κ2) is 5.19. The maximum absolute atomic E-state index is 12.1. The van der Waals surface area contributed by atoms with Crippen molar-refractivity contribution in [3.63, 3.8) is 0 Å². The molecule has 0 bridgehead atoms. The molecular formula is C13H18ClNO2S. The fraction of sp³-hybridized carbons (Fsp3) is 0.538. The third-order valence-corrected chi connectivity index (χ3v) is 5.31. The number of sulfonamides is 1. The minimum Gasteiger partial charge on any atom is -0.211 e. The van der Waals surface area contributed by atoms with Crippen molar-refractivity contribution in [2.45, 2.75) is 37.0 Å². The molecule has 0 aliphatic heterocycles. The smallest absolute Gasteiger partial charge is 0.211 e. The summed E-state index contributed by atoms with van der Waals surface area (Å²) < 4.78 is 26.8. The van der Waals surface area contributed by atoms with Crippen molar-refractivity contribution in [1.29, 1.82) is 0 Å². The number of aryl methyl sites for hydroxylation is 2. The van der Waals surface area contributed by atoms with Crippen LogP contribution in [-0.4, -0.2) is 20.3 Å². The minimum atomic E-state index is -3.38. The lowest BCUT2D eigenvalue weighted by atomic mass is 9.85. The van der Waals surface area contributed by atoms with E-state index in [-0.39, 0.29) is 5.38 Å². The molecule has 0 amide bonds. The predicted molar refractivity (Wildman–Crippen MR) is 73.5 cm³/mol. The van der Waals surface area contributed by atoms with Gasteiger partial charge in [0.05, 0.1) is 4.90 Å². The Kier molecular flexibility index (Phi) is 3.99. The molecule has 0 unspecified atom stereocenters. The van der Waals surface area contributed by atoms with E-state index in [1.54, 1.807) is 12.1 Å². The van der Waals surface area contributed by atoms with E-state index in [9.17, 15) is 8.42 Å². The highest BCUT2D eigenvalue weighted by Crippen LogP contribution is 2.31. The average Bonchev–Trinajstić information content (AvgIpc) is 2.26. The van der Waals surface area contributed by atoms with Crippen molar-refractivity contribution in [3.8, 4) is 0 Å². The van der Waals surface area contributed by atoms with Crippen LogP contribution in [0.1, 0.15) is 24.0 Å². The molecule has 1 aliphatic rings. The molecule has 1 fully saturated rings. The van der Waals surface area contributed by atoms with Gasteiger partial charge in [0.15, 0.2) is 0 Å². The average molecular weight is 288 g/mol. The Bertz CT molecular complexity index is 536. The van der Waals surface area contributed by atoms with Crippen LogP contribution in [0, 0.1) is 19.8 Å². The van der Waals surface area contributed by atoms with Crippen LogP contribution in [-0.2, 0) is 10.0 Å². The van der Waals surface area contributed by atoms with E-state index in [0.717, 1.165) is 24.0 Å². The summed E-state index contributed by atoms with van der Waals surface area (Å²) in [5.41, 5.74) is 2.08. The highest BCUT2D eigenvalue weighted by atomic mass is 35.5. The van der Waals surface area contributed by atoms with E-state index >= 15 is 0 Å². The molecule has 1 aliphatic carbocycles. The van der Waals surface area contributed by atoms with Crippen LogP contribution in [0.5, 0.6) is 0 Å². The molecule has 18 heavy (non-hydrogen) atoms. The first-order chi connectivity index (χ1) is 8.38. The maximum Gasteiger partial charge on any atom is 0.240 e. The Morgan fingerprint density at radius 3 is 2.50 bits per heavy atom. The molecule has 5 heteroatoms. The predicted octanol–water partition coefficient (Wildman–Crippen LogP) is 2.60. The van der Waals surface area contributed by atoms with Gasteiger partial charge in [0.25, 0.3) is 0 Å². The summed E-state index contributed by atoms with van der Waals surface area (Å²) in [4.78, 5) is 0.340. The molecule has 0 heterocycles. The minimum absolute atomic E-state index is 0.223. The summed E-state index contributed by atoms with van der Waals surface area (Å²) in [6.07, 6.45) is 1.80. The van der Waals surface area contributed by atoms with Gasteiger partial charge in [-0.15, -0.1) is 11.6 Å². The Hall–Kier alpha value is -0.580. The van der Waals surface area contributed by atoms with Crippen molar-refractivity contribution in [2.75, 3.05) is 6.54 Å². The zero-order valence-electron chi connectivity index (χ0n) is 10.6. The zero-order valence-corrected chi connectivity index (χ0v) is 12.2. The van der Waals surface area contributed by atoms with Gasteiger partial charge in [-0.05, 0) is 55.9 Å². The molecule has 0 radical (unpaired) electrons. The normalized spacial score (nSPS) is 23.7. The van der Waals surface area contributed by atoms with Crippen LogP contribution in [0.15, 0.2) is 23.1 Å². The van der Waals surface area contributed by atoms with Gasteiger partial charge in [0.2, 0.25) is 10.0 Å². The molecule has 1 aromatic carbocycles. The van der Waals surface area contributed by atoms with Crippen molar-refractivity contribution < 1.29 is 8.42 Å². The first kappa shape index (κ1) is 13.8. The highest BCUT2D eigenvalue weighted by Gasteiger charge is 2.28. The van der Waals surface area contributed by atoms with Crippen LogP contribution in [0.4, 0.5) is 0 Å². The monoisotopic (exact) mass is 287 g/mol.